The van der Waals surface area contributed by atoms with Crippen LogP contribution in [-0.2, 0) is 11.3 Å². The molecule has 3 rings (SSSR count). The maximum absolute atomic E-state index is 13.0. The predicted molar refractivity (Wildman–Crippen MR) is 87.7 cm³/mol. The number of nitrogens with one attached hydrogen (secondary N) is 1. The minimum Gasteiger partial charge on any atom is -0.348 e. The molecule has 2 aliphatic rings. The summed E-state index contributed by atoms with van der Waals surface area (Å²) in [6.45, 7) is 4.61. The highest BCUT2D eigenvalue weighted by molar-refractivity contribution is 7.11. The lowest BCUT2D eigenvalue weighted by molar-refractivity contribution is -0.137. The fourth-order valence-corrected chi connectivity index (χ4v) is 4.52. The van der Waals surface area contributed by atoms with Gasteiger partial charge in [0.2, 0.25) is 5.91 Å². The summed E-state index contributed by atoms with van der Waals surface area (Å²) in [5.41, 5.74) is -0.265. The molecule has 2 fully saturated rings. The smallest absolute Gasteiger partial charge is 0.240 e. The lowest BCUT2D eigenvalue weighted by atomic mass is 9.78. The SMILES string of the molecule is Cc1nnc(CNC(=O)C2(N3CCCCC3)CCCCC2)s1. The van der Waals surface area contributed by atoms with Crippen LogP contribution >= 0.6 is 11.3 Å². The number of hydrogen-bond acceptors (Lipinski definition) is 5. The Labute approximate surface area is 136 Å². The van der Waals surface area contributed by atoms with Crippen molar-refractivity contribution in [3.8, 4) is 0 Å². The molecule has 1 saturated heterocycles. The van der Waals surface area contributed by atoms with Gasteiger partial charge in [-0.1, -0.05) is 37.0 Å². The molecule has 6 heteroatoms. The second kappa shape index (κ2) is 7.04. The number of amides is 1. The molecule has 1 saturated carbocycles. The quantitative estimate of drug-likeness (QED) is 0.926. The Morgan fingerprint density at radius 1 is 1.14 bits per heavy atom. The molecular formula is C16H26N4OS. The lowest BCUT2D eigenvalue weighted by Gasteiger charge is -2.46. The van der Waals surface area contributed by atoms with Gasteiger partial charge in [0.1, 0.15) is 15.6 Å². The predicted octanol–water partition coefficient (Wildman–Crippen LogP) is 2.65. The summed E-state index contributed by atoms with van der Waals surface area (Å²) in [4.78, 5) is 15.5. The van der Waals surface area contributed by atoms with Crippen LogP contribution in [0.15, 0.2) is 0 Å². The van der Waals surface area contributed by atoms with Crippen LogP contribution in [0.2, 0.25) is 0 Å². The Bertz CT molecular complexity index is 504. The van der Waals surface area contributed by atoms with Crippen LogP contribution in [0.5, 0.6) is 0 Å². The van der Waals surface area contributed by atoms with Gasteiger partial charge >= 0.3 is 0 Å². The maximum atomic E-state index is 13.0. The third kappa shape index (κ3) is 3.33. The summed E-state index contributed by atoms with van der Waals surface area (Å²) in [6, 6.07) is 0. The summed E-state index contributed by atoms with van der Waals surface area (Å²) < 4.78 is 0. The third-order valence-electron chi connectivity index (χ3n) is 5.03. The Morgan fingerprint density at radius 2 is 1.82 bits per heavy atom. The van der Waals surface area contributed by atoms with Gasteiger partial charge < -0.3 is 5.32 Å². The van der Waals surface area contributed by atoms with E-state index in [1.807, 2.05) is 6.92 Å². The van der Waals surface area contributed by atoms with Crippen molar-refractivity contribution in [3.63, 3.8) is 0 Å². The lowest BCUT2D eigenvalue weighted by Crippen LogP contribution is -2.60. The normalized spacial score (nSPS) is 22.4. The minimum absolute atomic E-state index is 0.210. The first-order valence-electron chi connectivity index (χ1n) is 8.53. The summed E-state index contributed by atoms with van der Waals surface area (Å²) in [5.74, 6) is 0.210. The molecule has 0 unspecified atom stereocenters. The van der Waals surface area contributed by atoms with Gasteiger partial charge in [0.05, 0.1) is 6.54 Å². The number of hydrogen-bond donors (Lipinski definition) is 1. The number of carbonyl (C=O) groups excluding carboxylic acids is 1. The number of piperidine rings is 1. The molecule has 0 bridgehead atoms. The van der Waals surface area contributed by atoms with Gasteiger partial charge in [0, 0.05) is 0 Å². The van der Waals surface area contributed by atoms with E-state index in [0.717, 1.165) is 35.9 Å². The third-order valence-corrected chi connectivity index (χ3v) is 5.87. The number of aromatic nitrogens is 2. The van der Waals surface area contributed by atoms with Crippen LogP contribution in [0.25, 0.3) is 0 Å². The summed E-state index contributed by atoms with van der Waals surface area (Å²) in [7, 11) is 0. The molecule has 5 nitrogen and oxygen atoms in total. The molecule has 0 aromatic carbocycles. The van der Waals surface area contributed by atoms with Gasteiger partial charge in [-0.05, 0) is 45.7 Å². The Kier molecular flexibility index (Phi) is 5.08. The first-order valence-corrected chi connectivity index (χ1v) is 9.35. The number of likely N-dealkylation sites (tertiary alicyclic amines) is 1. The van der Waals surface area contributed by atoms with E-state index in [1.165, 1.54) is 38.5 Å². The van der Waals surface area contributed by atoms with Gasteiger partial charge in [0.15, 0.2) is 0 Å². The Morgan fingerprint density at radius 3 is 2.45 bits per heavy atom. The van der Waals surface area contributed by atoms with Crippen molar-refractivity contribution in [2.75, 3.05) is 13.1 Å². The molecule has 0 atom stereocenters. The standard InChI is InChI=1S/C16H26N4OS/c1-13-18-19-14(22-13)12-17-15(21)16(8-4-2-5-9-16)20-10-6-3-7-11-20/h2-12H2,1H3,(H,17,21). The largest absolute Gasteiger partial charge is 0.348 e. The van der Waals surface area contributed by atoms with Crippen LogP contribution in [0.4, 0.5) is 0 Å². The van der Waals surface area contributed by atoms with Crippen LogP contribution < -0.4 is 5.32 Å². The van der Waals surface area contributed by atoms with E-state index in [-0.39, 0.29) is 11.4 Å². The highest BCUT2D eigenvalue weighted by Crippen LogP contribution is 2.36. The Balaban J connectivity index is 1.68. The molecule has 22 heavy (non-hydrogen) atoms. The summed E-state index contributed by atoms with van der Waals surface area (Å²) in [6.07, 6.45) is 9.37. The zero-order chi connectivity index (χ0) is 15.4. The van der Waals surface area contributed by atoms with Crippen molar-refractivity contribution in [2.45, 2.75) is 70.4 Å². The average molecular weight is 322 g/mol. The molecule has 1 amide bonds. The summed E-state index contributed by atoms with van der Waals surface area (Å²) in [5, 5.41) is 13.1. The molecule has 0 spiro atoms. The second-order valence-electron chi connectivity index (χ2n) is 6.54. The van der Waals surface area contributed by atoms with Crippen molar-refractivity contribution in [1.82, 2.24) is 20.4 Å². The number of carbonyl (C=O) groups is 1. The Hall–Kier alpha value is -1.01. The molecule has 1 aromatic heterocycles. The van der Waals surface area contributed by atoms with Gasteiger partial charge in [-0.3, -0.25) is 9.69 Å². The molecule has 0 radical (unpaired) electrons. The second-order valence-corrected chi connectivity index (χ2v) is 7.80. The zero-order valence-electron chi connectivity index (χ0n) is 13.4. The van der Waals surface area contributed by atoms with Crippen LogP contribution in [0, 0.1) is 6.92 Å². The van der Waals surface area contributed by atoms with Gasteiger partial charge in [-0.25, -0.2) is 0 Å². The topological polar surface area (TPSA) is 58.1 Å². The van der Waals surface area contributed by atoms with E-state index in [4.69, 9.17) is 0 Å². The fourth-order valence-electron chi connectivity index (χ4n) is 3.87. The van der Waals surface area contributed by atoms with E-state index >= 15 is 0 Å². The van der Waals surface area contributed by atoms with Gasteiger partial charge in [-0.2, -0.15) is 0 Å². The molecule has 1 aliphatic heterocycles. The monoisotopic (exact) mass is 322 g/mol. The van der Waals surface area contributed by atoms with E-state index < -0.39 is 0 Å². The van der Waals surface area contributed by atoms with Crippen LogP contribution in [-0.4, -0.2) is 39.6 Å². The summed E-state index contributed by atoms with van der Waals surface area (Å²) >= 11 is 1.56. The molecule has 1 aliphatic carbocycles. The van der Waals surface area contributed by atoms with Crippen LogP contribution in [0.1, 0.15) is 61.4 Å². The number of nitrogens with zero attached hydrogens (tertiary/aromatic N) is 3. The van der Waals surface area contributed by atoms with Gasteiger partial charge in [-0.15, -0.1) is 10.2 Å². The number of rotatable bonds is 4. The average Bonchev–Trinajstić information content (AvgIpc) is 2.99. The molecule has 1 aromatic rings. The van der Waals surface area contributed by atoms with Crippen molar-refractivity contribution in [3.05, 3.63) is 10.0 Å². The highest BCUT2D eigenvalue weighted by atomic mass is 32.1. The minimum atomic E-state index is -0.265. The first kappa shape index (κ1) is 15.9. The van der Waals surface area contributed by atoms with Crippen molar-refractivity contribution in [1.29, 1.82) is 0 Å². The molecular weight excluding hydrogens is 296 g/mol. The van der Waals surface area contributed by atoms with E-state index in [9.17, 15) is 4.79 Å². The highest BCUT2D eigenvalue weighted by Gasteiger charge is 2.44. The van der Waals surface area contributed by atoms with E-state index in [2.05, 4.69) is 20.4 Å². The van der Waals surface area contributed by atoms with E-state index in [1.54, 1.807) is 11.3 Å². The van der Waals surface area contributed by atoms with E-state index in [0.29, 0.717) is 6.54 Å². The molecule has 1 N–H and O–H groups in total. The molecule has 122 valence electrons. The van der Waals surface area contributed by atoms with Crippen molar-refractivity contribution < 1.29 is 4.79 Å². The fraction of sp³-hybridized carbons (Fsp3) is 0.812. The van der Waals surface area contributed by atoms with Crippen molar-refractivity contribution in [2.24, 2.45) is 0 Å². The first-order chi connectivity index (χ1) is 10.7. The zero-order valence-corrected chi connectivity index (χ0v) is 14.3. The van der Waals surface area contributed by atoms with Gasteiger partial charge in [0.25, 0.3) is 0 Å². The van der Waals surface area contributed by atoms with Crippen LogP contribution in [0.3, 0.4) is 0 Å². The van der Waals surface area contributed by atoms with Crippen molar-refractivity contribution >= 4 is 17.2 Å². The number of aryl methyl sites for hydroxylation is 1. The maximum Gasteiger partial charge on any atom is 0.240 e. The molecule has 2 heterocycles.